The summed E-state index contributed by atoms with van der Waals surface area (Å²) in [5, 5.41) is 0.518. The predicted octanol–water partition coefficient (Wildman–Crippen LogP) is 4.32. The van der Waals surface area contributed by atoms with Gasteiger partial charge in [0.2, 0.25) is 11.8 Å². The van der Waals surface area contributed by atoms with Crippen molar-refractivity contribution in [3.63, 3.8) is 0 Å². The summed E-state index contributed by atoms with van der Waals surface area (Å²) < 4.78 is 0.714. The smallest absolute Gasteiger partial charge is 0.234 e. The van der Waals surface area contributed by atoms with Gasteiger partial charge in [-0.3, -0.25) is 9.59 Å². The molecule has 20 heavy (non-hydrogen) atoms. The van der Waals surface area contributed by atoms with Crippen molar-refractivity contribution in [1.82, 2.24) is 0 Å². The van der Waals surface area contributed by atoms with Gasteiger partial charge in [-0.2, -0.15) is 0 Å². The van der Waals surface area contributed by atoms with Gasteiger partial charge in [-0.25, -0.2) is 4.90 Å². The predicted molar refractivity (Wildman–Crippen MR) is 81.8 cm³/mol. The van der Waals surface area contributed by atoms with E-state index in [0.29, 0.717) is 28.0 Å². The van der Waals surface area contributed by atoms with Gasteiger partial charge in [0.25, 0.3) is 0 Å². The number of carbonyl (C=O) groups is 2. The lowest BCUT2D eigenvalue weighted by Crippen LogP contribution is -2.47. The quantitative estimate of drug-likeness (QED) is 0.703. The third-order valence-corrected chi connectivity index (χ3v) is 5.27. The maximum absolute atomic E-state index is 12.5. The normalized spacial score (nSPS) is 21.8. The summed E-state index contributed by atoms with van der Waals surface area (Å²) in [6.45, 7) is 0. The van der Waals surface area contributed by atoms with E-state index < -0.39 is 0 Å². The molecule has 0 atom stereocenters. The van der Waals surface area contributed by atoms with Gasteiger partial charge in [0.05, 0.1) is 5.69 Å². The number of amides is 2. The molecular formula is C15H15BrClNO2. The average molecular weight is 357 g/mol. The van der Waals surface area contributed by atoms with Crippen LogP contribution in [0, 0.1) is 5.41 Å². The summed E-state index contributed by atoms with van der Waals surface area (Å²) in [5.74, 6) is -0.211. The molecule has 1 aliphatic carbocycles. The highest BCUT2D eigenvalue weighted by Gasteiger charge is 2.45. The summed E-state index contributed by atoms with van der Waals surface area (Å²) in [6.07, 6.45) is 5.18. The molecule has 2 aliphatic rings. The highest BCUT2D eigenvalue weighted by atomic mass is 79.9. The molecule has 1 heterocycles. The first kappa shape index (κ1) is 14.1. The summed E-state index contributed by atoms with van der Waals surface area (Å²) in [4.78, 5) is 26.2. The molecule has 1 saturated carbocycles. The summed E-state index contributed by atoms with van der Waals surface area (Å²) >= 11 is 9.37. The van der Waals surface area contributed by atoms with Gasteiger partial charge >= 0.3 is 0 Å². The molecule has 2 fully saturated rings. The highest BCUT2D eigenvalue weighted by Crippen LogP contribution is 2.48. The Morgan fingerprint density at radius 1 is 1.10 bits per heavy atom. The van der Waals surface area contributed by atoms with Crippen LogP contribution in [0.5, 0.6) is 0 Å². The molecule has 2 amide bonds. The number of hydrogen-bond donors (Lipinski definition) is 0. The van der Waals surface area contributed by atoms with Crippen LogP contribution >= 0.6 is 27.5 Å². The molecule has 5 heteroatoms. The molecule has 0 unspecified atom stereocenters. The second-order valence-electron chi connectivity index (χ2n) is 5.78. The van der Waals surface area contributed by atoms with E-state index in [-0.39, 0.29) is 17.2 Å². The van der Waals surface area contributed by atoms with Crippen molar-refractivity contribution in [2.24, 2.45) is 5.41 Å². The zero-order valence-corrected chi connectivity index (χ0v) is 13.3. The SMILES string of the molecule is O=C1CC2(CCCC2)CC(=O)N1c1cc(Cl)ccc1Br. The fourth-order valence-electron chi connectivity index (χ4n) is 3.41. The fraction of sp³-hybridized carbons (Fsp3) is 0.467. The van der Waals surface area contributed by atoms with E-state index in [1.807, 2.05) is 0 Å². The molecule has 1 aromatic rings. The Balaban J connectivity index is 1.93. The Morgan fingerprint density at radius 2 is 1.70 bits per heavy atom. The number of rotatable bonds is 1. The van der Waals surface area contributed by atoms with Crippen molar-refractivity contribution in [2.45, 2.75) is 38.5 Å². The van der Waals surface area contributed by atoms with Crippen LogP contribution in [-0.4, -0.2) is 11.8 Å². The number of hydrogen-bond acceptors (Lipinski definition) is 2. The second-order valence-corrected chi connectivity index (χ2v) is 7.07. The minimum absolute atomic E-state index is 0.0737. The van der Waals surface area contributed by atoms with Crippen LogP contribution in [0.4, 0.5) is 5.69 Å². The molecule has 0 aromatic heterocycles. The van der Waals surface area contributed by atoms with Gasteiger partial charge in [0.1, 0.15) is 0 Å². The number of imide groups is 1. The monoisotopic (exact) mass is 355 g/mol. The van der Waals surface area contributed by atoms with Crippen LogP contribution in [0.15, 0.2) is 22.7 Å². The third-order valence-electron chi connectivity index (χ3n) is 4.36. The van der Waals surface area contributed by atoms with Gasteiger partial charge in [0, 0.05) is 22.3 Å². The molecule has 1 spiro atoms. The zero-order valence-electron chi connectivity index (χ0n) is 11.0. The van der Waals surface area contributed by atoms with E-state index in [0.717, 1.165) is 25.7 Å². The largest absolute Gasteiger partial charge is 0.274 e. The maximum Gasteiger partial charge on any atom is 0.234 e. The van der Waals surface area contributed by atoms with Crippen LogP contribution in [0.25, 0.3) is 0 Å². The molecule has 1 aromatic carbocycles. The third kappa shape index (κ3) is 2.40. The number of nitrogens with zero attached hydrogens (tertiary/aromatic N) is 1. The molecule has 1 aliphatic heterocycles. The Hall–Kier alpha value is -0.870. The van der Waals surface area contributed by atoms with Crippen LogP contribution < -0.4 is 4.90 Å². The zero-order chi connectivity index (χ0) is 14.3. The standard InChI is InChI=1S/C15H15BrClNO2/c16-11-4-3-10(17)7-12(11)18-13(19)8-15(9-14(18)20)5-1-2-6-15/h3-4,7H,1-2,5-6,8-9H2. The van der Waals surface area contributed by atoms with Crippen molar-refractivity contribution in [3.8, 4) is 0 Å². The first-order chi connectivity index (χ1) is 9.51. The van der Waals surface area contributed by atoms with Crippen molar-refractivity contribution in [3.05, 3.63) is 27.7 Å². The topological polar surface area (TPSA) is 37.4 Å². The Kier molecular flexibility index (Phi) is 3.63. The van der Waals surface area contributed by atoms with Gasteiger partial charge in [-0.05, 0) is 52.4 Å². The lowest BCUT2D eigenvalue weighted by molar-refractivity contribution is -0.133. The van der Waals surface area contributed by atoms with Gasteiger partial charge in [-0.1, -0.05) is 24.4 Å². The molecule has 0 bridgehead atoms. The first-order valence-corrected chi connectivity index (χ1v) is 7.99. The van der Waals surface area contributed by atoms with Crippen LogP contribution in [-0.2, 0) is 9.59 Å². The number of carbonyl (C=O) groups excluding carboxylic acids is 2. The molecule has 106 valence electrons. The Bertz CT molecular complexity index is 561. The van der Waals surface area contributed by atoms with Crippen molar-refractivity contribution >= 4 is 45.0 Å². The number of halogens is 2. The van der Waals surface area contributed by atoms with Gasteiger partial charge in [-0.15, -0.1) is 0 Å². The van der Waals surface area contributed by atoms with Crippen LogP contribution in [0.2, 0.25) is 5.02 Å². The molecule has 3 nitrogen and oxygen atoms in total. The van der Waals surface area contributed by atoms with Gasteiger partial charge < -0.3 is 0 Å². The molecular weight excluding hydrogens is 342 g/mol. The van der Waals surface area contributed by atoms with Crippen LogP contribution in [0.3, 0.4) is 0 Å². The molecule has 0 radical (unpaired) electrons. The molecule has 0 N–H and O–H groups in total. The number of anilines is 1. The molecule has 1 saturated heterocycles. The minimum atomic E-state index is -0.105. The second kappa shape index (κ2) is 5.15. The van der Waals surface area contributed by atoms with Crippen molar-refractivity contribution < 1.29 is 9.59 Å². The summed E-state index contributed by atoms with van der Waals surface area (Å²) in [6, 6.07) is 5.15. The van der Waals surface area contributed by atoms with Gasteiger partial charge in [0.15, 0.2) is 0 Å². The van der Waals surface area contributed by atoms with E-state index in [9.17, 15) is 9.59 Å². The average Bonchev–Trinajstić information content (AvgIpc) is 2.80. The minimum Gasteiger partial charge on any atom is -0.274 e. The molecule has 3 rings (SSSR count). The van der Waals surface area contributed by atoms with E-state index in [1.54, 1.807) is 18.2 Å². The van der Waals surface area contributed by atoms with Crippen LogP contribution in [0.1, 0.15) is 38.5 Å². The van der Waals surface area contributed by atoms with E-state index in [1.165, 1.54) is 4.90 Å². The summed E-state index contributed by atoms with van der Waals surface area (Å²) in [7, 11) is 0. The number of piperidine rings is 1. The first-order valence-electron chi connectivity index (χ1n) is 6.82. The lowest BCUT2D eigenvalue weighted by Gasteiger charge is -2.37. The lowest BCUT2D eigenvalue weighted by atomic mass is 9.76. The fourth-order valence-corrected chi connectivity index (χ4v) is 4.00. The van der Waals surface area contributed by atoms with Crippen molar-refractivity contribution in [2.75, 3.05) is 4.90 Å². The highest BCUT2D eigenvalue weighted by molar-refractivity contribution is 9.10. The Labute approximate surface area is 131 Å². The maximum atomic E-state index is 12.5. The Morgan fingerprint density at radius 3 is 2.30 bits per heavy atom. The summed E-state index contributed by atoms with van der Waals surface area (Å²) in [5.41, 5.74) is 0.482. The van der Waals surface area contributed by atoms with E-state index >= 15 is 0 Å². The van der Waals surface area contributed by atoms with E-state index in [4.69, 9.17) is 11.6 Å². The van der Waals surface area contributed by atoms with E-state index in [2.05, 4.69) is 15.9 Å². The number of benzene rings is 1. The van der Waals surface area contributed by atoms with Crippen molar-refractivity contribution in [1.29, 1.82) is 0 Å².